The van der Waals surface area contributed by atoms with Crippen molar-refractivity contribution >= 4 is 21.7 Å². The number of ether oxygens (including phenoxy) is 1. The van der Waals surface area contributed by atoms with Gasteiger partial charge in [0.25, 0.3) is 0 Å². The Balaban J connectivity index is 1.70. The lowest BCUT2D eigenvalue weighted by Crippen LogP contribution is -2.00. The highest BCUT2D eigenvalue weighted by atomic mass is 16.5. The summed E-state index contributed by atoms with van der Waals surface area (Å²) in [7, 11) is 0. The van der Waals surface area contributed by atoms with Gasteiger partial charge < -0.3 is 19.4 Å². The molecule has 4 aromatic rings. The third-order valence-corrected chi connectivity index (χ3v) is 4.01. The number of hydrogen-bond donors (Lipinski definition) is 2. The van der Waals surface area contributed by atoms with Crippen molar-refractivity contribution < 1.29 is 19.4 Å². The summed E-state index contributed by atoms with van der Waals surface area (Å²) in [5, 5.41) is 20.7. The van der Waals surface area contributed by atoms with E-state index in [0.29, 0.717) is 28.7 Å². The lowest BCUT2D eigenvalue weighted by molar-refractivity contribution is 0.306. The molecule has 0 atom stereocenters. The van der Waals surface area contributed by atoms with Gasteiger partial charge in [0.2, 0.25) is 0 Å². The third-order valence-electron chi connectivity index (χ3n) is 4.01. The summed E-state index contributed by atoms with van der Waals surface area (Å²) < 4.78 is 11.1. The molecule has 1 heterocycles. The van der Waals surface area contributed by atoms with Gasteiger partial charge in [-0.05, 0) is 48.0 Å². The van der Waals surface area contributed by atoms with Crippen LogP contribution in [0.3, 0.4) is 0 Å². The Kier molecular flexibility index (Phi) is 3.54. The van der Waals surface area contributed by atoms with E-state index in [1.165, 1.54) is 12.1 Å². The molecule has 0 radical (unpaired) electrons. The Morgan fingerprint density at radius 2 is 1.52 bits per heavy atom. The molecule has 0 fully saturated rings. The van der Waals surface area contributed by atoms with Crippen molar-refractivity contribution in [2.24, 2.45) is 0 Å². The highest BCUT2D eigenvalue weighted by molar-refractivity contribution is 6.04. The minimum atomic E-state index is -0.505. The van der Waals surface area contributed by atoms with Gasteiger partial charge in [-0.15, -0.1) is 0 Å². The fourth-order valence-corrected chi connectivity index (χ4v) is 2.75. The Hall–Kier alpha value is -3.47. The minimum Gasteiger partial charge on any atom is -0.508 e. The zero-order valence-corrected chi connectivity index (χ0v) is 13.1. The molecule has 5 heteroatoms. The molecule has 0 aliphatic heterocycles. The molecule has 0 spiro atoms. The van der Waals surface area contributed by atoms with Gasteiger partial charge in [-0.25, -0.2) is 4.79 Å². The van der Waals surface area contributed by atoms with Crippen LogP contribution in [0.2, 0.25) is 0 Å². The first-order valence-electron chi connectivity index (χ1n) is 7.70. The van der Waals surface area contributed by atoms with E-state index in [1.54, 1.807) is 42.5 Å². The van der Waals surface area contributed by atoms with Crippen LogP contribution in [0.5, 0.6) is 17.2 Å². The zero-order chi connectivity index (χ0) is 17.4. The van der Waals surface area contributed by atoms with Gasteiger partial charge in [-0.3, -0.25) is 0 Å². The Bertz CT molecular complexity index is 1130. The van der Waals surface area contributed by atoms with Crippen molar-refractivity contribution in [3.63, 3.8) is 0 Å². The average Bonchev–Trinajstić information content (AvgIpc) is 2.61. The van der Waals surface area contributed by atoms with Crippen molar-refractivity contribution in [3.05, 3.63) is 76.6 Å². The molecule has 2 N–H and O–H groups in total. The van der Waals surface area contributed by atoms with E-state index in [9.17, 15) is 15.0 Å². The van der Waals surface area contributed by atoms with E-state index >= 15 is 0 Å². The first-order valence-corrected chi connectivity index (χ1v) is 7.70. The maximum Gasteiger partial charge on any atom is 0.344 e. The fourth-order valence-electron chi connectivity index (χ4n) is 2.75. The molecular weight excluding hydrogens is 320 g/mol. The van der Waals surface area contributed by atoms with Crippen molar-refractivity contribution in [1.82, 2.24) is 0 Å². The van der Waals surface area contributed by atoms with Gasteiger partial charge in [0.05, 0.1) is 5.39 Å². The predicted octanol–water partition coefficient (Wildman–Crippen LogP) is 3.94. The average molecular weight is 334 g/mol. The zero-order valence-electron chi connectivity index (χ0n) is 13.1. The molecule has 5 nitrogen and oxygen atoms in total. The number of aromatic hydroxyl groups is 2. The largest absolute Gasteiger partial charge is 0.508 e. The molecule has 0 amide bonds. The summed E-state index contributed by atoms with van der Waals surface area (Å²) in [4.78, 5) is 12.1. The minimum absolute atomic E-state index is 0.0213. The third kappa shape index (κ3) is 2.87. The Morgan fingerprint density at radius 3 is 2.32 bits per heavy atom. The van der Waals surface area contributed by atoms with Gasteiger partial charge in [0, 0.05) is 16.8 Å². The molecule has 0 saturated heterocycles. The Morgan fingerprint density at radius 1 is 0.800 bits per heavy atom. The van der Waals surface area contributed by atoms with E-state index in [-0.39, 0.29) is 11.5 Å². The molecule has 25 heavy (non-hydrogen) atoms. The second-order valence-electron chi connectivity index (χ2n) is 5.73. The maximum atomic E-state index is 12.1. The normalized spacial score (nSPS) is 11.0. The van der Waals surface area contributed by atoms with Crippen LogP contribution in [-0.2, 0) is 6.61 Å². The molecule has 0 saturated carbocycles. The summed E-state index contributed by atoms with van der Waals surface area (Å²) in [6.07, 6.45) is 0. The topological polar surface area (TPSA) is 79.9 Å². The van der Waals surface area contributed by atoms with Gasteiger partial charge in [0.15, 0.2) is 0 Å². The molecule has 1 aromatic heterocycles. The van der Waals surface area contributed by atoms with E-state index in [4.69, 9.17) is 9.15 Å². The SMILES string of the molecule is O=c1oc2cc(OCc3ccc(O)cc3)ccc2c2ccc(O)cc12. The van der Waals surface area contributed by atoms with Crippen LogP contribution < -0.4 is 10.4 Å². The summed E-state index contributed by atoms with van der Waals surface area (Å²) in [5.74, 6) is 0.795. The van der Waals surface area contributed by atoms with Gasteiger partial charge in [-0.2, -0.15) is 0 Å². The van der Waals surface area contributed by atoms with Gasteiger partial charge >= 0.3 is 5.63 Å². The van der Waals surface area contributed by atoms with Crippen LogP contribution >= 0.6 is 0 Å². The van der Waals surface area contributed by atoms with Crippen LogP contribution in [0.15, 0.2) is 69.9 Å². The van der Waals surface area contributed by atoms with E-state index < -0.39 is 5.63 Å². The summed E-state index contributed by atoms with van der Waals surface area (Å²) in [6, 6.07) is 16.7. The molecule has 0 unspecified atom stereocenters. The number of rotatable bonds is 3. The van der Waals surface area contributed by atoms with Crippen molar-refractivity contribution in [2.45, 2.75) is 6.61 Å². The number of hydrogen-bond acceptors (Lipinski definition) is 5. The maximum absolute atomic E-state index is 12.1. The van der Waals surface area contributed by atoms with Crippen LogP contribution in [0.25, 0.3) is 21.7 Å². The van der Waals surface area contributed by atoms with Crippen LogP contribution in [0.1, 0.15) is 5.56 Å². The first kappa shape index (κ1) is 15.1. The molecule has 0 aliphatic carbocycles. The van der Waals surface area contributed by atoms with E-state index in [1.807, 2.05) is 6.07 Å². The quantitative estimate of drug-likeness (QED) is 0.438. The molecule has 0 bridgehead atoms. The molecule has 124 valence electrons. The van der Waals surface area contributed by atoms with Crippen LogP contribution in [-0.4, -0.2) is 10.2 Å². The number of fused-ring (bicyclic) bond motifs is 3. The van der Waals surface area contributed by atoms with Gasteiger partial charge in [-0.1, -0.05) is 12.1 Å². The lowest BCUT2D eigenvalue weighted by Gasteiger charge is -2.08. The van der Waals surface area contributed by atoms with Gasteiger partial charge in [0.1, 0.15) is 29.4 Å². The van der Waals surface area contributed by atoms with Crippen molar-refractivity contribution in [3.8, 4) is 17.2 Å². The van der Waals surface area contributed by atoms with Crippen LogP contribution in [0, 0.1) is 0 Å². The monoisotopic (exact) mass is 334 g/mol. The summed E-state index contributed by atoms with van der Waals surface area (Å²) in [5.41, 5.74) is 0.828. The van der Waals surface area contributed by atoms with Crippen molar-refractivity contribution in [1.29, 1.82) is 0 Å². The number of phenols is 2. The highest BCUT2D eigenvalue weighted by Gasteiger charge is 2.09. The smallest absolute Gasteiger partial charge is 0.344 e. The van der Waals surface area contributed by atoms with Crippen molar-refractivity contribution in [2.75, 3.05) is 0 Å². The predicted molar refractivity (Wildman–Crippen MR) is 94.1 cm³/mol. The first-order chi connectivity index (χ1) is 12.1. The second kappa shape index (κ2) is 5.87. The highest BCUT2D eigenvalue weighted by Crippen LogP contribution is 2.28. The molecule has 4 rings (SSSR count). The number of benzene rings is 3. The number of phenolic OH excluding ortho intramolecular Hbond substituents is 2. The molecular formula is C20H14O5. The van der Waals surface area contributed by atoms with E-state index in [0.717, 1.165) is 10.9 Å². The second-order valence-corrected chi connectivity index (χ2v) is 5.73. The summed E-state index contributed by atoms with van der Waals surface area (Å²) in [6.45, 7) is 0.331. The van der Waals surface area contributed by atoms with Crippen LogP contribution in [0.4, 0.5) is 0 Å². The van der Waals surface area contributed by atoms with E-state index in [2.05, 4.69) is 0 Å². The molecule has 3 aromatic carbocycles. The summed E-state index contributed by atoms with van der Waals surface area (Å²) >= 11 is 0. The standard InChI is InChI=1S/C20H14O5/c21-13-3-1-12(2-4-13)11-24-15-6-8-17-16-7-5-14(22)9-18(16)20(23)25-19(17)10-15/h1-10,21-22H,11H2. The molecule has 0 aliphatic rings. The fraction of sp³-hybridized carbons (Fsp3) is 0.0500. The Labute approximate surface area is 142 Å². The lowest BCUT2D eigenvalue weighted by atomic mass is 10.1.